The maximum Gasteiger partial charge on any atom is 0.125 e. The van der Waals surface area contributed by atoms with Gasteiger partial charge < -0.3 is 10.0 Å². The summed E-state index contributed by atoms with van der Waals surface area (Å²) in [6.45, 7) is 11.8. The molecule has 0 radical (unpaired) electrons. The molecule has 0 unspecified atom stereocenters. The number of halogens is 1. The van der Waals surface area contributed by atoms with Gasteiger partial charge in [-0.05, 0) is 56.2 Å². The largest absolute Gasteiger partial charge is 0.507 e. The number of benzene rings is 2. The lowest BCUT2D eigenvalue weighted by molar-refractivity contribution is 0.479. The molecule has 124 valence electrons. The number of phenols is 1. The quantitative estimate of drug-likeness (QED) is 0.749. The van der Waals surface area contributed by atoms with Crippen molar-refractivity contribution in [3.63, 3.8) is 0 Å². The number of nitrogens with zero attached hydrogens (tertiary/aromatic N) is 1. The summed E-state index contributed by atoms with van der Waals surface area (Å²) in [5.41, 5.74) is 4.88. The van der Waals surface area contributed by atoms with Gasteiger partial charge in [-0.2, -0.15) is 0 Å². The molecule has 0 spiro atoms. The zero-order chi connectivity index (χ0) is 16.9. The van der Waals surface area contributed by atoms with Crippen molar-refractivity contribution >= 4 is 28.1 Å². The summed E-state index contributed by atoms with van der Waals surface area (Å²) in [7, 11) is 0. The van der Waals surface area contributed by atoms with Crippen LogP contribution >= 0.6 is 11.6 Å². The monoisotopic (exact) mass is 331 g/mol. The number of aromatic hydroxyl groups is 1. The van der Waals surface area contributed by atoms with Gasteiger partial charge in [0.1, 0.15) is 5.75 Å². The number of rotatable bonds is 2. The maximum absolute atomic E-state index is 10.8. The third-order valence-electron chi connectivity index (χ3n) is 5.05. The number of aryl methyl sites for hydroxylation is 2. The van der Waals surface area contributed by atoms with Crippen molar-refractivity contribution in [1.29, 1.82) is 0 Å². The van der Waals surface area contributed by atoms with Crippen LogP contribution in [0.25, 0.3) is 10.8 Å². The smallest absolute Gasteiger partial charge is 0.125 e. The topological polar surface area (TPSA) is 23.5 Å². The van der Waals surface area contributed by atoms with Gasteiger partial charge in [0.25, 0.3) is 0 Å². The molecule has 0 saturated heterocycles. The van der Waals surface area contributed by atoms with Crippen LogP contribution in [-0.4, -0.2) is 23.1 Å². The average molecular weight is 332 g/mol. The van der Waals surface area contributed by atoms with Crippen molar-refractivity contribution in [3.05, 3.63) is 34.9 Å². The predicted octanol–water partition coefficient (Wildman–Crippen LogP) is 5.36. The van der Waals surface area contributed by atoms with E-state index in [4.69, 9.17) is 11.6 Å². The van der Waals surface area contributed by atoms with E-state index in [2.05, 4.69) is 51.7 Å². The third-order valence-corrected chi connectivity index (χ3v) is 5.43. The molecule has 3 heteroatoms. The first kappa shape index (κ1) is 16.4. The Morgan fingerprint density at radius 3 is 2.52 bits per heavy atom. The highest BCUT2D eigenvalue weighted by Crippen LogP contribution is 2.49. The summed E-state index contributed by atoms with van der Waals surface area (Å²) >= 11 is 6.33. The van der Waals surface area contributed by atoms with Gasteiger partial charge >= 0.3 is 0 Å². The SMILES string of the molecule is CCc1ccc(C)c2c3c(cc(O)c12)N(C(C)(C)C)C[C@H]3CCl. The van der Waals surface area contributed by atoms with Crippen molar-refractivity contribution in [2.24, 2.45) is 0 Å². The first-order valence-electron chi connectivity index (χ1n) is 8.41. The molecule has 23 heavy (non-hydrogen) atoms. The van der Waals surface area contributed by atoms with Crippen LogP contribution in [0.1, 0.15) is 50.3 Å². The first-order valence-corrected chi connectivity index (χ1v) is 8.94. The minimum absolute atomic E-state index is 0.00590. The Hall–Kier alpha value is -1.41. The molecule has 0 amide bonds. The fourth-order valence-corrected chi connectivity index (χ4v) is 4.15. The Morgan fingerprint density at radius 2 is 1.96 bits per heavy atom. The molecule has 0 saturated carbocycles. The van der Waals surface area contributed by atoms with Crippen LogP contribution in [0.3, 0.4) is 0 Å². The Labute approximate surface area is 144 Å². The van der Waals surface area contributed by atoms with E-state index in [-0.39, 0.29) is 5.54 Å². The number of hydrogen-bond acceptors (Lipinski definition) is 2. The predicted molar refractivity (Wildman–Crippen MR) is 100 cm³/mol. The Kier molecular flexibility index (Phi) is 4.00. The van der Waals surface area contributed by atoms with E-state index in [0.29, 0.717) is 17.5 Å². The number of phenolic OH excluding ortho intramolecular Hbond substituents is 1. The molecule has 1 heterocycles. The average Bonchev–Trinajstić information content (AvgIpc) is 2.86. The van der Waals surface area contributed by atoms with E-state index in [1.807, 2.05) is 6.07 Å². The molecule has 0 aromatic heterocycles. The summed E-state index contributed by atoms with van der Waals surface area (Å²) in [6.07, 6.45) is 0.914. The minimum Gasteiger partial charge on any atom is -0.507 e. The molecule has 0 bridgehead atoms. The van der Waals surface area contributed by atoms with Crippen molar-refractivity contribution in [2.45, 2.75) is 52.5 Å². The van der Waals surface area contributed by atoms with Gasteiger partial charge in [-0.15, -0.1) is 11.6 Å². The summed E-state index contributed by atoms with van der Waals surface area (Å²) in [4.78, 5) is 2.38. The molecular weight excluding hydrogens is 306 g/mol. The van der Waals surface area contributed by atoms with Crippen LogP contribution in [-0.2, 0) is 6.42 Å². The number of hydrogen-bond donors (Lipinski definition) is 1. The lowest BCUT2D eigenvalue weighted by atomic mass is 9.89. The van der Waals surface area contributed by atoms with E-state index in [1.54, 1.807) is 0 Å². The van der Waals surface area contributed by atoms with Crippen molar-refractivity contribution in [3.8, 4) is 5.75 Å². The van der Waals surface area contributed by atoms with Gasteiger partial charge in [0.05, 0.1) is 0 Å². The van der Waals surface area contributed by atoms with Gasteiger partial charge in [0.15, 0.2) is 0 Å². The second-order valence-corrected chi connectivity index (χ2v) is 7.91. The molecule has 0 aliphatic carbocycles. The van der Waals surface area contributed by atoms with Crippen molar-refractivity contribution in [1.82, 2.24) is 0 Å². The fourth-order valence-electron chi connectivity index (χ4n) is 3.90. The zero-order valence-electron chi connectivity index (χ0n) is 14.7. The van der Waals surface area contributed by atoms with Gasteiger partial charge in [0.2, 0.25) is 0 Å². The van der Waals surface area contributed by atoms with E-state index in [0.717, 1.165) is 24.0 Å². The van der Waals surface area contributed by atoms with Gasteiger partial charge in [-0.1, -0.05) is 19.1 Å². The lowest BCUT2D eigenvalue weighted by Gasteiger charge is -2.35. The molecule has 3 rings (SSSR count). The van der Waals surface area contributed by atoms with Crippen LogP contribution in [0.2, 0.25) is 0 Å². The lowest BCUT2D eigenvalue weighted by Crippen LogP contribution is -2.40. The van der Waals surface area contributed by atoms with Crippen molar-refractivity contribution < 1.29 is 5.11 Å². The number of anilines is 1. The van der Waals surface area contributed by atoms with Crippen LogP contribution in [0.4, 0.5) is 5.69 Å². The van der Waals surface area contributed by atoms with E-state index in [9.17, 15) is 5.11 Å². The minimum atomic E-state index is 0.00590. The summed E-state index contributed by atoms with van der Waals surface area (Å²) in [5, 5.41) is 13.0. The van der Waals surface area contributed by atoms with E-state index >= 15 is 0 Å². The van der Waals surface area contributed by atoms with Crippen molar-refractivity contribution in [2.75, 3.05) is 17.3 Å². The van der Waals surface area contributed by atoms with E-state index in [1.165, 1.54) is 22.1 Å². The number of fused-ring (bicyclic) bond motifs is 3. The maximum atomic E-state index is 10.8. The molecule has 1 N–H and O–H groups in total. The fraction of sp³-hybridized carbons (Fsp3) is 0.500. The standard InChI is InChI=1S/C20H26ClNO/c1-6-13-8-7-12(2)17-18-14(10-21)11-22(20(3,4)5)15(18)9-16(23)19(13)17/h7-9,14,23H,6,10-11H2,1-5H3/t14-/m1/s1. The second kappa shape index (κ2) is 5.59. The highest BCUT2D eigenvalue weighted by atomic mass is 35.5. The molecule has 1 aliphatic rings. The van der Waals surface area contributed by atoms with Crippen LogP contribution < -0.4 is 4.90 Å². The Balaban J connectivity index is 2.41. The summed E-state index contributed by atoms with van der Waals surface area (Å²) in [6, 6.07) is 6.26. The van der Waals surface area contributed by atoms with Crippen LogP contribution in [0, 0.1) is 6.92 Å². The van der Waals surface area contributed by atoms with Crippen LogP contribution in [0.5, 0.6) is 5.75 Å². The molecule has 2 nitrogen and oxygen atoms in total. The summed E-state index contributed by atoms with van der Waals surface area (Å²) in [5.74, 6) is 1.30. The highest BCUT2D eigenvalue weighted by molar-refractivity contribution is 6.19. The van der Waals surface area contributed by atoms with Gasteiger partial charge in [-0.25, -0.2) is 0 Å². The molecule has 1 atom stereocenters. The normalized spacial score (nSPS) is 17.8. The molecule has 1 aliphatic heterocycles. The molecular formula is C20H26ClNO. The Morgan fingerprint density at radius 1 is 1.26 bits per heavy atom. The number of alkyl halides is 1. The van der Waals surface area contributed by atoms with Crippen LogP contribution in [0.15, 0.2) is 18.2 Å². The second-order valence-electron chi connectivity index (χ2n) is 7.61. The molecule has 2 aromatic rings. The highest BCUT2D eigenvalue weighted by Gasteiger charge is 2.36. The van der Waals surface area contributed by atoms with Gasteiger partial charge in [0, 0.05) is 41.0 Å². The van der Waals surface area contributed by atoms with Gasteiger partial charge in [-0.3, -0.25) is 0 Å². The summed E-state index contributed by atoms with van der Waals surface area (Å²) < 4.78 is 0. The third kappa shape index (κ3) is 2.48. The van der Waals surface area contributed by atoms with E-state index < -0.39 is 0 Å². The first-order chi connectivity index (χ1) is 10.8. The molecule has 0 fully saturated rings. The molecule has 2 aromatic carbocycles. The zero-order valence-corrected chi connectivity index (χ0v) is 15.5. The Bertz CT molecular complexity index is 761.